The lowest BCUT2D eigenvalue weighted by molar-refractivity contribution is 0.0270. The van der Waals surface area contributed by atoms with Gasteiger partial charge in [-0.15, -0.1) is 0 Å². The molecule has 0 aliphatic carbocycles. The number of aromatic nitrogens is 2. The fourth-order valence-electron chi connectivity index (χ4n) is 4.20. The maximum absolute atomic E-state index is 13.5. The fraction of sp³-hybridized carbons (Fsp3) is 0.462. The largest absolute Gasteiger partial charge is 0.444 e. The SMILES string of the molecule is CCNc1ncc2c(n1)N(C)CCN(c1cccc(C3=CCN(C(=O)OC(C)(C)C)CC3)c1)C2=O. The highest BCUT2D eigenvalue weighted by Crippen LogP contribution is 2.30. The molecule has 0 saturated carbocycles. The van der Waals surface area contributed by atoms with E-state index in [1.54, 1.807) is 16.0 Å². The molecule has 0 radical (unpaired) electrons. The van der Waals surface area contributed by atoms with Crippen LogP contribution in [-0.2, 0) is 4.74 Å². The van der Waals surface area contributed by atoms with Crippen molar-refractivity contribution in [1.82, 2.24) is 14.9 Å². The van der Waals surface area contributed by atoms with Gasteiger partial charge in [-0.2, -0.15) is 4.98 Å². The van der Waals surface area contributed by atoms with Crippen LogP contribution in [0.25, 0.3) is 5.57 Å². The molecule has 0 saturated heterocycles. The molecule has 2 aliphatic rings. The summed E-state index contributed by atoms with van der Waals surface area (Å²) >= 11 is 0. The van der Waals surface area contributed by atoms with Crippen LogP contribution in [0.1, 0.15) is 50.0 Å². The van der Waals surface area contributed by atoms with Crippen LogP contribution in [0.3, 0.4) is 0 Å². The van der Waals surface area contributed by atoms with Crippen molar-refractivity contribution in [2.45, 2.75) is 39.7 Å². The van der Waals surface area contributed by atoms with Crippen molar-refractivity contribution in [1.29, 1.82) is 0 Å². The Morgan fingerprint density at radius 3 is 2.69 bits per heavy atom. The van der Waals surface area contributed by atoms with Crippen LogP contribution in [0.4, 0.5) is 22.2 Å². The molecular weight excluding hydrogens is 444 g/mol. The summed E-state index contributed by atoms with van der Waals surface area (Å²) in [5.41, 5.74) is 3.02. The third-order valence-electron chi connectivity index (χ3n) is 5.99. The molecule has 2 aromatic rings. The quantitative estimate of drug-likeness (QED) is 0.709. The van der Waals surface area contributed by atoms with Crippen molar-refractivity contribution in [3.63, 3.8) is 0 Å². The summed E-state index contributed by atoms with van der Waals surface area (Å²) in [5.74, 6) is 1.04. The standard InChI is InChI=1S/C26H34N6O3/c1-6-27-24-28-17-21-22(29-24)30(5)14-15-32(23(21)33)20-9-7-8-19(16-20)18-10-12-31(13-11-18)25(34)35-26(2,3)4/h7-10,16-17H,6,11-15H2,1-5H3,(H,27,28,29). The van der Waals surface area contributed by atoms with Crippen LogP contribution in [0, 0.1) is 0 Å². The van der Waals surface area contributed by atoms with E-state index in [1.165, 1.54) is 0 Å². The van der Waals surface area contributed by atoms with Crippen molar-refractivity contribution >= 4 is 35.0 Å². The minimum absolute atomic E-state index is 0.113. The Kier molecular flexibility index (Phi) is 6.95. The summed E-state index contributed by atoms with van der Waals surface area (Å²) in [6.45, 7) is 10.6. The van der Waals surface area contributed by atoms with Crippen molar-refractivity contribution in [2.24, 2.45) is 0 Å². The maximum atomic E-state index is 13.5. The number of rotatable bonds is 4. The molecule has 9 heteroatoms. The predicted octanol–water partition coefficient (Wildman–Crippen LogP) is 4.03. The van der Waals surface area contributed by atoms with Gasteiger partial charge in [-0.3, -0.25) is 4.79 Å². The van der Waals surface area contributed by atoms with Crippen LogP contribution >= 0.6 is 0 Å². The monoisotopic (exact) mass is 478 g/mol. The Morgan fingerprint density at radius 2 is 2.00 bits per heavy atom. The van der Waals surface area contributed by atoms with Gasteiger partial charge in [-0.05, 0) is 57.4 Å². The molecule has 2 aliphatic heterocycles. The number of ether oxygens (including phenoxy) is 1. The average Bonchev–Trinajstić information content (AvgIpc) is 2.95. The number of carbonyl (C=O) groups excluding carboxylic acids is 2. The zero-order valence-electron chi connectivity index (χ0n) is 21.2. The third kappa shape index (κ3) is 5.55. The topological polar surface area (TPSA) is 90.9 Å². The van der Waals surface area contributed by atoms with E-state index in [0.717, 1.165) is 23.2 Å². The maximum Gasteiger partial charge on any atom is 0.410 e. The predicted molar refractivity (Wildman–Crippen MR) is 138 cm³/mol. The summed E-state index contributed by atoms with van der Waals surface area (Å²) in [4.78, 5) is 40.3. The van der Waals surface area contributed by atoms with Gasteiger partial charge < -0.3 is 24.8 Å². The summed E-state index contributed by atoms with van der Waals surface area (Å²) in [7, 11) is 1.94. The van der Waals surface area contributed by atoms with E-state index in [-0.39, 0.29) is 12.0 Å². The zero-order valence-corrected chi connectivity index (χ0v) is 21.2. The summed E-state index contributed by atoms with van der Waals surface area (Å²) in [6.07, 6.45) is 4.11. The van der Waals surface area contributed by atoms with E-state index < -0.39 is 5.60 Å². The number of hydrogen-bond acceptors (Lipinski definition) is 7. The number of nitrogens with zero attached hydrogens (tertiary/aromatic N) is 5. The Morgan fingerprint density at radius 1 is 1.20 bits per heavy atom. The molecule has 3 heterocycles. The molecule has 0 fully saturated rings. The Bertz CT molecular complexity index is 1140. The Labute approximate surface area is 206 Å². The van der Waals surface area contributed by atoms with Gasteiger partial charge in [0.15, 0.2) is 0 Å². The highest BCUT2D eigenvalue weighted by molar-refractivity contribution is 6.09. The lowest BCUT2D eigenvalue weighted by atomic mass is 9.99. The van der Waals surface area contributed by atoms with E-state index in [0.29, 0.717) is 50.1 Å². The molecule has 0 spiro atoms. The van der Waals surface area contributed by atoms with E-state index >= 15 is 0 Å². The molecule has 1 aromatic heterocycles. The van der Waals surface area contributed by atoms with Gasteiger partial charge in [-0.1, -0.05) is 18.2 Å². The smallest absolute Gasteiger partial charge is 0.410 e. The van der Waals surface area contributed by atoms with Crippen LogP contribution in [-0.4, -0.2) is 72.2 Å². The molecule has 1 aromatic carbocycles. The van der Waals surface area contributed by atoms with Gasteiger partial charge in [0.1, 0.15) is 17.0 Å². The summed E-state index contributed by atoms with van der Waals surface area (Å²) in [5, 5.41) is 3.11. The summed E-state index contributed by atoms with van der Waals surface area (Å²) < 4.78 is 5.49. The van der Waals surface area contributed by atoms with Crippen molar-refractivity contribution < 1.29 is 14.3 Å². The molecule has 2 amide bonds. The second-order valence-corrected chi connectivity index (χ2v) is 9.80. The molecule has 4 rings (SSSR count). The molecular formula is C26H34N6O3. The number of hydrogen-bond donors (Lipinski definition) is 1. The first-order valence-corrected chi connectivity index (χ1v) is 12.1. The highest BCUT2D eigenvalue weighted by atomic mass is 16.6. The first-order valence-electron chi connectivity index (χ1n) is 12.1. The van der Waals surface area contributed by atoms with Crippen molar-refractivity contribution in [3.8, 4) is 0 Å². The second-order valence-electron chi connectivity index (χ2n) is 9.80. The van der Waals surface area contributed by atoms with E-state index in [2.05, 4.69) is 21.4 Å². The number of nitrogens with one attached hydrogen (secondary N) is 1. The number of anilines is 3. The number of benzene rings is 1. The number of carbonyl (C=O) groups is 2. The average molecular weight is 479 g/mol. The number of amides is 2. The minimum atomic E-state index is -0.513. The molecule has 0 bridgehead atoms. The van der Waals surface area contributed by atoms with Crippen molar-refractivity contribution in [3.05, 3.63) is 47.7 Å². The molecule has 0 atom stereocenters. The van der Waals surface area contributed by atoms with Gasteiger partial charge >= 0.3 is 6.09 Å². The van der Waals surface area contributed by atoms with E-state index in [1.807, 2.05) is 63.9 Å². The van der Waals surface area contributed by atoms with Gasteiger partial charge in [0.25, 0.3) is 5.91 Å². The van der Waals surface area contributed by atoms with Gasteiger partial charge in [0.05, 0.1) is 0 Å². The van der Waals surface area contributed by atoms with Crippen LogP contribution in [0.5, 0.6) is 0 Å². The third-order valence-corrected chi connectivity index (χ3v) is 5.99. The molecule has 9 nitrogen and oxygen atoms in total. The van der Waals surface area contributed by atoms with Gasteiger partial charge in [0.2, 0.25) is 5.95 Å². The first kappa shape index (κ1) is 24.5. The van der Waals surface area contributed by atoms with Crippen molar-refractivity contribution in [2.75, 3.05) is 54.9 Å². The molecule has 186 valence electrons. The van der Waals surface area contributed by atoms with E-state index in [9.17, 15) is 9.59 Å². The lowest BCUT2D eigenvalue weighted by Crippen LogP contribution is -2.39. The lowest BCUT2D eigenvalue weighted by Gasteiger charge is -2.30. The highest BCUT2D eigenvalue weighted by Gasteiger charge is 2.29. The first-order chi connectivity index (χ1) is 16.7. The van der Waals surface area contributed by atoms with Crippen LogP contribution < -0.4 is 15.1 Å². The van der Waals surface area contributed by atoms with Crippen LogP contribution in [0.2, 0.25) is 0 Å². The number of fused-ring (bicyclic) bond motifs is 1. The van der Waals surface area contributed by atoms with Gasteiger partial charge in [0, 0.05) is 51.7 Å². The Balaban J connectivity index is 1.54. The molecule has 0 unspecified atom stereocenters. The zero-order chi connectivity index (χ0) is 25.2. The minimum Gasteiger partial charge on any atom is -0.444 e. The Hall–Kier alpha value is -3.62. The van der Waals surface area contributed by atoms with Crippen LogP contribution in [0.15, 0.2) is 36.5 Å². The fourth-order valence-corrected chi connectivity index (χ4v) is 4.20. The summed E-state index contributed by atoms with van der Waals surface area (Å²) in [6, 6.07) is 8.02. The number of likely N-dealkylation sites (N-methyl/N-ethyl adjacent to an activating group) is 1. The molecule has 1 N–H and O–H groups in total. The second kappa shape index (κ2) is 9.93. The van der Waals surface area contributed by atoms with E-state index in [4.69, 9.17) is 4.74 Å². The molecule has 35 heavy (non-hydrogen) atoms. The van der Waals surface area contributed by atoms with Gasteiger partial charge in [-0.25, -0.2) is 9.78 Å². The normalized spacial score (nSPS) is 16.4.